The van der Waals surface area contributed by atoms with Crippen LogP contribution >= 0.6 is 11.8 Å². The maximum Gasteiger partial charge on any atom is 0.150 e. The van der Waals surface area contributed by atoms with E-state index >= 15 is 0 Å². The fourth-order valence-corrected chi connectivity index (χ4v) is 2.60. The van der Waals surface area contributed by atoms with Gasteiger partial charge in [-0.25, -0.2) is 4.39 Å². The van der Waals surface area contributed by atoms with Gasteiger partial charge in [0.2, 0.25) is 0 Å². The van der Waals surface area contributed by atoms with Crippen molar-refractivity contribution in [3.05, 3.63) is 29.6 Å². The average molecular weight is 256 g/mol. The summed E-state index contributed by atoms with van der Waals surface area (Å²) in [5.41, 5.74) is 6.47. The molecule has 0 saturated heterocycles. The first kappa shape index (κ1) is 14.3. The topological polar surface area (TPSA) is 29.3 Å². The Balaban J connectivity index is 2.33. The number of nitrogens with two attached hydrogens (primary N) is 1. The highest BCUT2D eigenvalue weighted by atomic mass is 32.2. The molecular weight excluding hydrogens is 235 g/mol. The van der Waals surface area contributed by atoms with Crippen LogP contribution in [0.3, 0.4) is 0 Å². The fourth-order valence-electron chi connectivity index (χ4n) is 1.63. The number of thioether (sulfide) groups is 1. The highest BCUT2D eigenvalue weighted by Crippen LogP contribution is 2.19. The Morgan fingerprint density at radius 3 is 2.65 bits per heavy atom. The third kappa shape index (κ3) is 4.56. The van der Waals surface area contributed by atoms with E-state index in [2.05, 4.69) is 18.7 Å². The van der Waals surface area contributed by atoms with E-state index < -0.39 is 0 Å². The van der Waals surface area contributed by atoms with Crippen LogP contribution in [0, 0.1) is 5.82 Å². The van der Waals surface area contributed by atoms with E-state index in [9.17, 15) is 4.39 Å². The van der Waals surface area contributed by atoms with Gasteiger partial charge in [0, 0.05) is 18.1 Å². The van der Waals surface area contributed by atoms with Gasteiger partial charge in [0.15, 0.2) is 0 Å². The average Bonchev–Trinajstić information content (AvgIpc) is 2.34. The summed E-state index contributed by atoms with van der Waals surface area (Å²) in [5, 5.41) is 0. The molecule has 0 unspecified atom stereocenters. The molecule has 1 aromatic carbocycles. The van der Waals surface area contributed by atoms with Crippen molar-refractivity contribution in [2.24, 2.45) is 0 Å². The number of anilines is 1. The van der Waals surface area contributed by atoms with Crippen LogP contribution in [-0.2, 0) is 5.75 Å². The van der Waals surface area contributed by atoms with Gasteiger partial charge in [0.1, 0.15) is 5.82 Å². The number of halogens is 1. The molecule has 0 radical (unpaired) electrons. The van der Waals surface area contributed by atoms with Crippen molar-refractivity contribution in [1.29, 1.82) is 0 Å². The molecule has 0 spiro atoms. The van der Waals surface area contributed by atoms with Gasteiger partial charge in [-0.3, -0.25) is 0 Å². The quantitative estimate of drug-likeness (QED) is 0.601. The molecule has 0 heterocycles. The van der Waals surface area contributed by atoms with Gasteiger partial charge in [-0.2, -0.15) is 11.8 Å². The van der Waals surface area contributed by atoms with Crippen LogP contribution in [-0.4, -0.2) is 30.3 Å². The second-order valence-electron chi connectivity index (χ2n) is 3.90. The van der Waals surface area contributed by atoms with Crippen LogP contribution in [0.5, 0.6) is 0 Å². The normalized spacial score (nSPS) is 11.1. The molecule has 0 atom stereocenters. The molecule has 0 aliphatic heterocycles. The zero-order chi connectivity index (χ0) is 12.7. The second kappa shape index (κ2) is 7.56. The van der Waals surface area contributed by atoms with Gasteiger partial charge < -0.3 is 10.6 Å². The van der Waals surface area contributed by atoms with E-state index in [1.54, 1.807) is 30.0 Å². The summed E-state index contributed by atoms with van der Waals surface area (Å²) in [4.78, 5) is 2.36. The van der Waals surface area contributed by atoms with Gasteiger partial charge in [0.25, 0.3) is 0 Å². The van der Waals surface area contributed by atoms with Gasteiger partial charge in [-0.15, -0.1) is 0 Å². The molecule has 0 amide bonds. The highest BCUT2D eigenvalue weighted by Gasteiger charge is 2.05. The first-order valence-electron chi connectivity index (χ1n) is 6.02. The van der Waals surface area contributed by atoms with Gasteiger partial charge in [0.05, 0.1) is 5.69 Å². The van der Waals surface area contributed by atoms with Crippen LogP contribution in [0.25, 0.3) is 0 Å². The highest BCUT2D eigenvalue weighted by molar-refractivity contribution is 7.98. The minimum absolute atomic E-state index is 0.242. The fraction of sp³-hybridized carbons (Fsp3) is 0.538. The largest absolute Gasteiger partial charge is 0.396 e. The lowest BCUT2D eigenvalue weighted by atomic mass is 10.2. The molecule has 4 heteroatoms. The van der Waals surface area contributed by atoms with Gasteiger partial charge in [-0.05, 0) is 24.7 Å². The van der Waals surface area contributed by atoms with Crippen molar-refractivity contribution in [2.45, 2.75) is 19.6 Å². The van der Waals surface area contributed by atoms with E-state index in [-0.39, 0.29) is 11.5 Å². The molecule has 0 aliphatic carbocycles. The summed E-state index contributed by atoms with van der Waals surface area (Å²) < 4.78 is 13.6. The van der Waals surface area contributed by atoms with E-state index in [4.69, 9.17) is 5.73 Å². The van der Waals surface area contributed by atoms with Crippen molar-refractivity contribution < 1.29 is 4.39 Å². The Morgan fingerprint density at radius 1 is 1.29 bits per heavy atom. The van der Waals surface area contributed by atoms with Crippen LogP contribution < -0.4 is 5.73 Å². The van der Waals surface area contributed by atoms with Crippen molar-refractivity contribution in [3.8, 4) is 0 Å². The summed E-state index contributed by atoms with van der Waals surface area (Å²) in [6, 6.07) is 5.20. The maximum atomic E-state index is 13.6. The Morgan fingerprint density at radius 2 is 2.00 bits per heavy atom. The predicted molar refractivity (Wildman–Crippen MR) is 74.8 cm³/mol. The van der Waals surface area contributed by atoms with E-state index in [1.165, 1.54) is 0 Å². The standard InChI is InChI=1S/C13H21FN2S/c1-3-16(4-2)8-9-17-10-11-6-5-7-12(15)13(11)14/h5-7H,3-4,8-10,15H2,1-2H3. The monoisotopic (exact) mass is 256 g/mol. The second-order valence-corrected chi connectivity index (χ2v) is 5.00. The molecule has 1 aromatic rings. The minimum atomic E-state index is -0.261. The number of hydrogen-bond acceptors (Lipinski definition) is 3. The molecule has 0 aromatic heterocycles. The molecule has 2 N–H and O–H groups in total. The van der Waals surface area contributed by atoms with Crippen LogP contribution in [0.1, 0.15) is 19.4 Å². The number of benzene rings is 1. The molecular formula is C13H21FN2S. The molecule has 1 rings (SSSR count). The Bertz CT molecular complexity index is 340. The molecule has 2 nitrogen and oxygen atoms in total. The molecule has 0 saturated carbocycles. The van der Waals surface area contributed by atoms with Crippen molar-refractivity contribution in [3.63, 3.8) is 0 Å². The molecule has 96 valence electrons. The van der Waals surface area contributed by atoms with Crippen molar-refractivity contribution >= 4 is 17.4 Å². The summed E-state index contributed by atoms with van der Waals surface area (Å²) in [7, 11) is 0. The SMILES string of the molecule is CCN(CC)CCSCc1cccc(N)c1F. The Hall–Kier alpha value is -0.740. The lowest BCUT2D eigenvalue weighted by Crippen LogP contribution is -2.25. The molecule has 17 heavy (non-hydrogen) atoms. The predicted octanol–water partition coefficient (Wildman–Crippen LogP) is 2.98. The zero-order valence-electron chi connectivity index (χ0n) is 10.6. The lowest BCUT2D eigenvalue weighted by molar-refractivity contribution is 0.324. The Kier molecular flexibility index (Phi) is 6.37. The maximum absolute atomic E-state index is 13.6. The first-order valence-corrected chi connectivity index (χ1v) is 7.17. The summed E-state index contributed by atoms with van der Waals surface area (Å²) in [6.07, 6.45) is 0. The number of hydrogen-bond donors (Lipinski definition) is 1. The van der Waals surface area contributed by atoms with E-state index in [0.717, 1.165) is 25.4 Å². The summed E-state index contributed by atoms with van der Waals surface area (Å²) >= 11 is 1.75. The number of nitrogen functional groups attached to an aromatic ring is 1. The molecule has 0 bridgehead atoms. The third-order valence-corrected chi connectivity index (χ3v) is 3.80. The number of rotatable bonds is 7. The Labute approximate surface area is 107 Å². The van der Waals surface area contributed by atoms with E-state index in [1.807, 2.05) is 0 Å². The van der Waals surface area contributed by atoms with Crippen LogP contribution in [0.15, 0.2) is 18.2 Å². The summed E-state index contributed by atoms with van der Waals surface area (Å²) in [5.74, 6) is 1.46. The number of nitrogens with zero attached hydrogens (tertiary/aromatic N) is 1. The minimum Gasteiger partial charge on any atom is -0.396 e. The molecule has 0 aliphatic rings. The lowest BCUT2D eigenvalue weighted by Gasteiger charge is -2.17. The van der Waals surface area contributed by atoms with Crippen molar-refractivity contribution in [1.82, 2.24) is 4.90 Å². The zero-order valence-corrected chi connectivity index (χ0v) is 11.4. The van der Waals surface area contributed by atoms with Gasteiger partial charge >= 0.3 is 0 Å². The van der Waals surface area contributed by atoms with Crippen LogP contribution in [0.4, 0.5) is 10.1 Å². The van der Waals surface area contributed by atoms with Crippen LogP contribution in [0.2, 0.25) is 0 Å². The van der Waals surface area contributed by atoms with Gasteiger partial charge in [-0.1, -0.05) is 26.0 Å². The van der Waals surface area contributed by atoms with E-state index in [0.29, 0.717) is 11.3 Å². The smallest absolute Gasteiger partial charge is 0.150 e. The molecule has 0 fully saturated rings. The first-order chi connectivity index (χ1) is 8.19. The van der Waals surface area contributed by atoms with Crippen molar-refractivity contribution in [2.75, 3.05) is 31.1 Å². The summed E-state index contributed by atoms with van der Waals surface area (Å²) in [6.45, 7) is 7.52. The third-order valence-electron chi connectivity index (χ3n) is 2.81.